The number of para-hydroxylation sites is 1. The minimum Gasteiger partial charge on any atom is -0.490 e. The summed E-state index contributed by atoms with van der Waals surface area (Å²) >= 11 is 1.63. The van der Waals surface area contributed by atoms with Crippen LogP contribution < -0.4 is 10.5 Å². The van der Waals surface area contributed by atoms with Gasteiger partial charge in [0, 0.05) is 17.8 Å². The molecule has 0 aliphatic carbocycles. The molecule has 2 N–H and O–H groups in total. The lowest BCUT2D eigenvalue weighted by Crippen LogP contribution is -2.02. The van der Waals surface area contributed by atoms with E-state index in [4.69, 9.17) is 10.5 Å². The Hall–Kier alpha value is -1.46. The summed E-state index contributed by atoms with van der Waals surface area (Å²) in [7, 11) is 0. The van der Waals surface area contributed by atoms with Gasteiger partial charge in [0.25, 0.3) is 0 Å². The monoisotopic (exact) mass is 294 g/mol. The van der Waals surface area contributed by atoms with E-state index >= 15 is 0 Å². The van der Waals surface area contributed by atoms with E-state index in [0.29, 0.717) is 19.6 Å². The van der Waals surface area contributed by atoms with Crippen LogP contribution in [-0.2, 0) is 19.4 Å². The molecule has 0 radical (unpaired) electrons. The Bertz CT molecular complexity index is 557. The van der Waals surface area contributed by atoms with Gasteiger partial charge in [0.15, 0.2) is 11.6 Å². The quantitative estimate of drug-likeness (QED) is 0.852. The number of halogens is 1. The van der Waals surface area contributed by atoms with Crippen LogP contribution in [0.15, 0.2) is 24.3 Å². The third-order valence-electron chi connectivity index (χ3n) is 2.90. The number of aryl methyl sites for hydroxylation is 1. The lowest BCUT2D eigenvalue weighted by molar-refractivity contribution is 0.305. The molecule has 3 nitrogen and oxygen atoms in total. The van der Waals surface area contributed by atoms with Crippen LogP contribution in [-0.4, -0.2) is 11.6 Å². The van der Waals surface area contributed by atoms with Crippen LogP contribution in [0, 0.1) is 5.82 Å². The first-order valence-corrected chi connectivity index (χ1v) is 7.61. The molecule has 5 heteroatoms. The Balaban J connectivity index is 1.92. The number of thiazole rings is 1. The van der Waals surface area contributed by atoms with Crippen molar-refractivity contribution in [1.29, 1.82) is 0 Å². The van der Waals surface area contributed by atoms with Gasteiger partial charge in [-0.15, -0.1) is 11.3 Å². The highest BCUT2D eigenvalue weighted by Crippen LogP contribution is 2.21. The number of hydrogen-bond donors (Lipinski definition) is 1. The first kappa shape index (κ1) is 14.9. The molecule has 0 aliphatic heterocycles. The summed E-state index contributed by atoms with van der Waals surface area (Å²) in [5.41, 5.74) is 6.82. The van der Waals surface area contributed by atoms with Gasteiger partial charge in [-0.1, -0.05) is 25.5 Å². The van der Waals surface area contributed by atoms with Crippen molar-refractivity contribution in [2.24, 2.45) is 5.73 Å². The van der Waals surface area contributed by atoms with Crippen molar-refractivity contribution in [3.8, 4) is 5.75 Å². The van der Waals surface area contributed by atoms with Crippen molar-refractivity contribution in [2.75, 3.05) is 6.61 Å². The van der Waals surface area contributed by atoms with Crippen LogP contribution in [0.1, 0.15) is 28.9 Å². The Morgan fingerprint density at radius 3 is 2.80 bits per heavy atom. The summed E-state index contributed by atoms with van der Waals surface area (Å²) in [5.74, 6) is -0.0437. The summed E-state index contributed by atoms with van der Waals surface area (Å²) < 4.78 is 18.8. The van der Waals surface area contributed by atoms with Crippen molar-refractivity contribution >= 4 is 11.3 Å². The predicted molar refractivity (Wildman–Crippen MR) is 79.6 cm³/mol. The summed E-state index contributed by atoms with van der Waals surface area (Å²) in [6.45, 7) is 3.08. The highest BCUT2D eigenvalue weighted by molar-refractivity contribution is 7.11. The van der Waals surface area contributed by atoms with E-state index in [1.54, 1.807) is 29.5 Å². The van der Waals surface area contributed by atoms with Gasteiger partial charge in [-0.3, -0.25) is 0 Å². The highest BCUT2D eigenvalue weighted by atomic mass is 32.1. The zero-order valence-electron chi connectivity index (χ0n) is 11.6. The molecule has 2 rings (SSSR count). The Labute approximate surface area is 122 Å². The molecule has 0 spiro atoms. The van der Waals surface area contributed by atoms with E-state index < -0.39 is 0 Å². The molecule has 108 valence electrons. The average Bonchev–Trinajstić information content (AvgIpc) is 2.84. The van der Waals surface area contributed by atoms with E-state index in [-0.39, 0.29) is 11.6 Å². The van der Waals surface area contributed by atoms with Gasteiger partial charge in [-0.2, -0.15) is 0 Å². The summed E-state index contributed by atoms with van der Waals surface area (Å²) in [5, 5.41) is 1.00. The number of ether oxygens (including phenoxy) is 1. The fraction of sp³-hybridized carbons (Fsp3) is 0.400. The topological polar surface area (TPSA) is 48.1 Å². The van der Waals surface area contributed by atoms with Crippen molar-refractivity contribution in [2.45, 2.75) is 32.7 Å². The molecule has 0 amide bonds. The second-order valence-electron chi connectivity index (χ2n) is 4.46. The van der Waals surface area contributed by atoms with Crippen molar-refractivity contribution in [3.05, 3.63) is 45.7 Å². The Morgan fingerprint density at radius 2 is 2.10 bits per heavy atom. The molecule has 0 aliphatic rings. The van der Waals surface area contributed by atoms with Crippen LogP contribution in [0.5, 0.6) is 5.75 Å². The standard InChI is InChI=1S/C15H19FN2OS/c1-2-5-12-14(10-17)20-15(18-12)8-9-19-13-7-4-3-6-11(13)16/h3-4,6-7H,2,5,8-10,17H2,1H3. The van der Waals surface area contributed by atoms with Gasteiger partial charge >= 0.3 is 0 Å². The van der Waals surface area contributed by atoms with Gasteiger partial charge in [0.05, 0.1) is 17.3 Å². The first-order chi connectivity index (χ1) is 9.74. The minimum absolute atomic E-state index is 0.289. The fourth-order valence-electron chi connectivity index (χ4n) is 1.95. The molecular weight excluding hydrogens is 275 g/mol. The maximum Gasteiger partial charge on any atom is 0.165 e. The average molecular weight is 294 g/mol. The minimum atomic E-state index is -0.332. The molecule has 0 fully saturated rings. The summed E-state index contributed by atoms with van der Waals surface area (Å²) in [6, 6.07) is 6.43. The van der Waals surface area contributed by atoms with Crippen LogP contribution in [0.3, 0.4) is 0 Å². The molecule has 0 saturated carbocycles. The number of hydrogen-bond acceptors (Lipinski definition) is 4. The van der Waals surface area contributed by atoms with E-state index in [0.717, 1.165) is 28.4 Å². The van der Waals surface area contributed by atoms with E-state index in [9.17, 15) is 4.39 Å². The zero-order valence-corrected chi connectivity index (χ0v) is 12.4. The van der Waals surface area contributed by atoms with Gasteiger partial charge < -0.3 is 10.5 Å². The van der Waals surface area contributed by atoms with Crippen molar-refractivity contribution in [3.63, 3.8) is 0 Å². The van der Waals surface area contributed by atoms with E-state index in [1.165, 1.54) is 6.07 Å². The van der Waals surface area contributed by atoms with Crippen LogP contribution in [0.25, 0.3) is 0 Å². The van der Waals surface area contributed by atoms with E-state index in [2.05, 4.69) is 11.9 Å². The molecule has 1 aromatic carbocycles. The second kappa shape index (κ2) is 7.36. The van der Waals surface area contributed by atoms with Gasteiger partial charge in [-0.05, 0) is 18.6 Å². The molecule has 2 aromatic rings. The number of aromatic nitrogens is 1. The molecular formula is C15H19FN2OS. The summed E-state index contributed by atoms with van der Waals surface area (Å²) in [4.78, 5) is 5.74. The van der Waals surface area contributed by atoms with Gasteiger partial charge in [0.1, 0.15) is 0 Å². The summed E-state index contributed by atoms with van der Waals surface area (Å²) in [6.07, 6.45) is 2.69. The van der Waals surface area contributed by atoms with E-state index in [1.807, 2.05) is 0 Å². The number of nitrogens with two attached hydrogens (primary N) is 1. The highest BCUT2D eigenvalue weighted by Gasteiger charge is 2.09. The molecule has 0 atom stereocenters. The largest absolute Gasteiger partial charge is 0.490 e. The number of benzene rings is 1. The normalized spacial score (nSPS) is 10.8. The molecule has 0 bridgehead atoms. The maximum absolute atomic E-state index is 13.4. The third kappa shape index (κ3) is 3.77. The second-order valence-corrected chi connectivity index (χ2v) is 5.63. The molecule has 20 heavy (non-hydrogen) atoms. The fourth-order valence-corrected chi connectivity index (χ4v) is 2.92. The Kier molecular flexibility index (Phi) is 5.49. The van der Waals surface area contributed by atoms with Gasteiger partial charge in [-0.25, -0.2) is 9.37 Å². The van der Waals surface area contributed by atoms with Crippen LogP contribution in [0.2, 0.25) is 0 Å². The smallest absolute Gasteiger partial charge is 0.165 e. The lowest BCUT2D eigenvalue weighted by atomic mass is 10.2. The van der Waals surface area contributed by atoms with Crippen LogP contribution in [0.4, 0.5) is 4.39 Å². The predicted octanol–water partition coefficient (Wildman–Crippen LogP) is 3.31. The first-order valence-electron chi connectivity index (χ1n) is 6.79. The van der Waals surface area contributed by atoms with Gasteiger partial charge in [0.2, 0.25) is 0 Å². The van der Waals surface area contributed by atoms with Crippen molar-refractivity contribution < 1.29 is 9.13 Å². The lowest BCUT2D eigenvalue weighted by Gasteiger charge is -2.05. The SMILES string of the molecule is CCCc1nc(CCOc2ccccc2F)sc1CN. The maximum atomic E-state index is 13.4. The molecule has 0 unspecified atom stereocenters. The Morgan fingerprint density at radius 1 is 1.30 bits per heavy atom. The third-order valence-corrected chi connectivity index (χ3v) is 4.08. The zero-order chi connectivity index (χ0) is 14.4. The number of nitrogens with zero attached hydrogens (tertiary/aromatic N) is 1. The number of rotatable bonds is 7. The molecule has 0 saturated heterocycles. The van der Waals surface area contributed by atoms with Crippen molar-refractivity contribution in [1.82, 2.24) is 4.98 Å². The van der Waals surface area contributed by atoms with Crippen LogP contribution >= 0.6 is 11.3 Å². The molecule has 1 aromatic heterocycles. The molecule has 1 heterocycles.